The van der Waals surface area contributed by atoms with Crippen LogP contribution in [0.5, 0.6) is 0 Å². The first kappa shape index (κ1) is 15.8. The molecule has 21 heavy (non-hydrogen) atoms. The van der Waals surface area contributed by atoms with Crippen LogP contribution in [0.15, 0.2) is 0 Å². The second kappa shape index (κ2) is 6.04. The van der Waals surface area contributed by atoms with Crippen LogP contribution in [0, 0.1) is 45.9 Å². The topological polar surface area (TPSA) is 45.9 Å². The van der Waals surface area contributed by atoms with Crippen molar-refractivity contribution in [3.05, 3.63) is 36.5 Å². The standard InChI is InChI=1S/C15H15BN2OS2/c1-7-8(2)15(21-9(7)3)14(19-16)12(6-17)13-10(4)20-11(5)18-13/h1-5H3. The molecule has 0 N–H and O–H groups in total. The third-order valence-electron chi connectivity index (χ3n) is 3.49. The van der Waals surface area contributed by atoms with Gasteiger partial charge in [-0.3, -0.25) is 0 Å². The molecule has 0 aromatic carbocycles. The molecule has 2 heterocycles. The molecule has 0 aliphatic carbocycles. The Bertz CT molecular complexity index is 765. The van der Waals surface area contributed by atoms with E-state index >= 15 is 0 Å². The number of hydrogen-bond acceptors (Lipinski definition) is 5. The second-order valence-electron chi connectivity index (χ2n) is 4.81. The van der Waals surface area contributed by atoms with Crippen molar-refractivity contribution in [2.24, 2.45) is 0 Å². The van der Waals surface area contributed by atoms with E-state index in [1.807, 2.05) is 20.8 Å². The number of aryl methyl sites for hydroxylation is 3. The zero-order chi connectivity index (χ0) is 15.7. The Labute approximate surface area is 134 Å². The van der Waals surface area contributed by atoms with Crippen LogP contribution in [-0.4, -0.2) is 13.0 Å². The van der Waals surface area contributed by atoms with Gasteiger partial charge in [0.2, 0.25) is 0 Å². The zero-order valence-corrected chi connectivity index (χ0v) is 14.3. The summed E-state index contributed by atoms with van der Waals surface area (Å²) in [4.78, 5) is 7.52. The number of aromatic nitrogens is 1. The first-order valence-electron chi connectivity index (χ1n) is 6.43. The maximum Gasteiger partial charge on any atom is 0.374 e. The van der Waals surface area contributed by atoms with Crippen molar-refractivity contribution in [1.29, 1.82) is 5.26 Å². The molecule has 2 aromatic heterocycles. The summed E-state index contributed by atoms with van der Waals surface area (Å²) in [5.41, 5.74) is 3.34. The summed E-state index contributed by atoms with van der Waals surface area (Å²) in [6, 6.07) is 2.20. The van der Waals surface area contributed by atoms with Gasteiger partial charge in [0, 0.05) is 9.75 Å². The molecule has 0 bridgehead atoms. The van der Waals surface area contributed by atoms with Crippen molar-refractivity contribution in [2.75, 3.05) is 0 Å². The maximum absolute atomic E-state index is 9.57. The van der Waals surface area contributed by atoms with Crippen LogP contribution in [0.1, 0.15) is 36.5 Å². The summed E-state index contributed by atoms with van der Waals surface area (Å²) < 4.78 is 5.09. The van der Waals surface area contributed by atoms with Crippen LogP contribution < -0.4 is 0 Å². The van der Waals surface area contributed by atoms with E-state index in [4.69, 9.17) is 12.7 Å². The Morgan fingerprint density at radius 1 is 1.10 bits per heavy atom. The highest BCUT2D eigenvalue weighted by Gasteiger charge is 2.21. The van der Waals surface area contributed by atoms with Gasteiger partial charge in [-0.15, -0.1) is 22.7 Å². The number of thiophene rings is 1. The Morgan fingerprint density at radius 3 is 2.14 bits per heavy atom. The molecule has 0 aliphatic heterocycles. The van der Waals surface area contributed by atoms with Crippen LogP contribution in [0.3, 0.4) is 0 Å². The maximum atomic E-state index is 9.57. The predicted octanol–water partition coefficient (Wildman–Crippen LogP) is 4.24. The summed E-state index contributed by atoms with van der Waals surface area (Å²) in [6.45, 7) is 9.99. The molecule has 0 saturated carbocycles. The fraction of sp³-hybridized carbons (Fsp3) is 0.333. The van der Waals surface area contributed by atoms with Crippen molar-refractivity contribution in [3.63, 3.8) is 0 Å². The lowest BCUT2D eigenvalue weighted by Gasteiger charge is -2.09. The first-order valence-corrected chi connectivity index (χ1v) is 8.06. The van der Waals surface area contributed by atoms with Gasteiger partial charge in [-0.2, -0.15) is 5.26 Å². The van der Waals surface area contributed by atoms with Crippen LogP contribution >= 0.6 is 22.7 Å². The highest BCUT2D eigenvalue weighted by molar-refractivity contribution is 7.13. The minimum atomic E-state index is 0.392. The molecule has 0 aliphatic rings. The fourth-order valence-electron chi connectivity index (χ4n) is 2.16. The number of thiazole rings is 1. The normalized spacial score (nSPS) is 12.0. The van der Waals surface area contributed by atoms with Gasteiger partial charge in [0.25, 0.3) is 0 Å². The third kappa shape index (κ3) is 2.76. The van der Waals surface area contributed by atoms with Gasteiger partial charge in [-0.1, -0.05) is 0 Å². The Kier molecular flexibility index (Phi) is 4.55. The number of allylic oxidation sites excluding steroid dienone is 1. The monoisotopic (exact) mass is 314 g/mol. The lowest BCUT2D eigenvalue weighted by molar-refractivity contribution is 0.576. The second-order valence-corrected chi connectivity index (χ2v) is 7.44. The molecule has 6 heteroatoms. The number of nitrogens with zero attached hydrogens (tertiary/aromatic N) is 2. The summed E-state index contributed by atoms with van der Waals surface area (Å²) in [7, 11) is 5.48. The third-order valence-corrected chi connectivity index (χ3v) is 5.68. The van der Waals surface area contributed by atoms with Gasteiger partial charge in [0.15, 0.2) is 0 Å². The largest absolute Gasteiger partial charge is 0.566 e. The van der Waals surface area contributed by atoms with E-state index in [2.05, 4.69) is 24.9 Å². The van der Waals surface area contributed by atoms with Gasteiger partial charge < -0.3 is 4.65 Å². The number of rotatable bonds is 3. The highest BCUT2D eigenvalue weighted by Crippen LogP contribution is 2.37. The number of nitriles is 1. The van der Waals surface area contributed by atoms with Gasteiger partial charge in [-0.05, 0) is 45.7 Å². The van der Waals surface area contributed by atoms with Crippen LogP contribution in [0.2, 0.25) is 0 Å². The quantitative estimate of drug-likeness (QED) is 0.483. The molecule has 3 nitrogen and oxygen atoms in total. The minimum absolute atomic E-state index is 0.392. The number of hydrogen-bond donors (Lipinski definition) is 0. The molecule has 0 fully saturated rings. The van der Waals surface area contributed by atoms with Gasteiger partial charge >= 0.3 is 8.05 Å². The molecular formula is C15H15BN2OS2. The van der Waals surface area contributed by atoms with Crippen LogP contribution in [0.25, 0.3) is 11.3 Å². The minimum Gasteiger partial charge on any atom is -0.566 e. The molecule has 0 saturated heterocycles. The highest BCUT2D eigenvalue weighted by atomic mass is 32.1. The zero-order valence-electron chi connectivity index (χ0n) is 12.7. The lowest BCUT2D eigenvalue weighted by Crippen LogP contribution is -1.96. The van der Waals surface area contributed by atoms with Crippen LogP contribution in [-0.2, 0) is 4.65 Å². The molecule has 0 amide bonds. The lowest BCUT2D eigenvalue weighted by atomic mass is 10.1. The van der Waals surface area contributed by atoms with Gasteiger partial charge in [0.1, 0.15) is 17.4 Å². The van der Waals surface area contributed by atoms with Gasteiger partial charge in [-0.25, -0.2) is 4.98 Å². The summed E-state index contributed by atoms with van der Waals surface area (Å²) >= 11 is 3.15. The van der Waals surface area contributed by atoms with Crippen molar-refractivity contribution in [2.45, 2.75) is 34.6 Å². The first-order chi connectivity index (χ1) is 9.90. The van der Waals surface area contributed by atoms with Crippen molar-refractivity contribution in [1.82, 2.24) is 4.98 Å². The average molecular weight is 314 g/mol. The van der Waals surface area contributed by atoms with E-state index in [-0.39, 0.29) is 0 Å². The smallest absolute Gasteiger partial charge is 0.374 e. The molecule has 0 unspecified atom stereocenters. The average Bonchev–Trinajstić information content (AvgIpc) is 2.90. The Hall–Kier alpha value is -1.58. The van der Waals surface area contributed by atoms with E-state index in [1.54, 1.807) is 22.7 Å². The molecule has 2 rings (SSSR count). The van der Waals surface area contributed by atoms with Crippen molar-refractivity contribution in [3.8, 4) is 6.07 Å². The summed E-state index contributed by atoms with van der Waals surface area (Å²) in [5.74, 6) is 0.407. The summed E-state index contributed by atoms with van der Waals surface area (Å²) in [6.07, 6.45) is 0. The summed E-state index contributed by atoms with van der Waals surface area (Å²) in [5, 5.41) is 10.5. The van der Waals surface area contributed by atoms with E-state index in [0.29, 0.717) is 17.0 Å². The molecular weight excluding hydrogens is 299 g/mol. The van der Waals surface area contributed by atoms with E-state index < -0.39 is 0 Å². The molecule has 0 spiro atoms. The molecule has 2 aromatic rings. The molecule has 2 radical (unpaired) electrons. The van der Waals surface area contributed by atoms with Crippen LogP contribution in [0.4, 0.5) is 0 Å². The Balaban J connectivity index is 2.73. The van der Waals surface area contributed by atoms with Gasteiger partial charge in [0.05, 0.1) is 15.6 Å². The van der Waals surface area contributed by atoms with E-state index in [1.165, 1.54) is 10.4 Å². The molecule has 0 atom stereocenters. The van der Waals surface area contributed by atoms with E-state index in [0.717, 1.165) is 20.3 Å². The Morgan fingerprint density at radius 2 is 1.76 bits per heavy atom. The molecule has 106 valence electrons. The van der Waals surface area contributed by atoms with Crippen molar-refractivity contribution < 1.29 is 4.65 Å². The predicted molar refractivity (Wildman–Crippen MR) is 89.4 cm³/mol. The van der Waals surface area contributed by atoms with Crippen molar-refractivity contribution >= 4 is 42.1 Å². The SMILES string of the molecule is [B]OC(=C(C#N)c1nc(C)sc1C)c1sc(C)c(C)c1C. The fourth-order valence-corrected chi connectivity index (χ4v) is 4.14. The van der Waals surface area contributed by atoms with E-state index in [9.17, 15) is 5.26 Å².